The van der Waals surface area contributed by atoms with Crippen molar-refractivity contribution in [2.75, 3.05) is 18.2 Å². The Bertz CT molecular complexity index is 1700. The molecule has 5 rings (SSSR count). The average Bonchev–Trinajstić information content (AvgIpc) is 3.26. The van der Waals surface area contributed by atoms with E-state index in [1.54, 1.807) is 7.11 Å². The van der Waals surface area contributed by atoms with Gasteiger partial charge in [0.15, 0.2) is 0 Å². The number of nitro benzene ring substituents is 1. The van der Waals surface area contributed by atoms with Crippen LogP contribution < -0.4 is 15.8 Å². The van der Waals surface area contributed by atoms with Crippen molar-refractivity contribution < 1.29 is 14.5 Å². The summed E-state index contributed by atoms with van der Waals surface area (Å²) in [5.41, 5.74) is 11.8. The Hall–Kier alpha value is -4.28. The van der Waals surface area contributed by atoms with E-state index in [-0.39, 0.29) is 5.69 Å². The first-order valence-corrected chi connectivity index (χ1v) is 13.1. The van der Waals surface area contributed by atoms with Gasteiger partial charge in [0.2, 0.25) is 0 Å². The van der Waals surface area contributed by atoms with Crippen molar-refractivity contribution in [1.29, 1.82) is 0 Å². The molecule has 1 amide bonds. The van der Waals surface area contributed by atoms with Crippen LogP contribution in [0.4, 0.5) is 17.1 Å². The van der Waals surface area contributed by atoms with Crippen molar-refractivity contribution in [3.63, 3.8) is 0 Å². The van der Waals surface area contributed by atoms with Crippen molar-refractivity contribution >= 4 is 60.5 Å². The minimum Gasteiger partial charge on any atom is -0.497 e. The third-order valence-corrected chi connectivity index (χ3v) is 7.82. The second kappa shape index (κ2) is 10.2. The minimum atomic E-state index is -0.501. The van der Waals surface area contributed by atoms with Gasteiger partial charge in [-0.25, -0.2) is 4.98 Å². The normalized spacial score (nSPS) is 10.9. The van der Waals surface area contributed by atoms with Crippen molar-refractivity contribution in [3.05, 3.63) is 97.8 Å². The number of rotatable bonds is 6. The third kappa shape index (κ3) is 4.83. The number of pyridine rings is 1. The summed E-state index contributed by atoms with van der Waals surface area (Å²) in [7, 11) is 1.62. The van der Waals surface area contributed by atoms with Crippen molar-refractivity contribution in [2.45, 2.75) is 6.92 Å². The maximum absolute atomic E-state index is 13.3. The number of carbonyl (C=O) groups excluding carboxylic acids is 1. The SMILES string of the molecule is COc1ccc(-c2cc(-c3ccc(C)cc3)c3c(N)c(C(=O)Nc4ccc([N+](=O)[O-])cc4Br)sc3n2)cc1. The molecule has 0 atom stereocenters. The number of nitrogen functional groups attached to an aromatic ring is 1. The van der Waals surface area contributed by atoms with Gasteiger partial charge in [0, 0.05) is 27.6 Å². The number of nitrogens with two attached hydrogens (primary N) is 1. The standard InChI is InChI=1S/C28H21BrN4O4S/c1-15-3-5-16(6-4-15)20-14-23(17-7-10-19(37-2)11-8-17)32-28-24(20)25(30)26(38-28)27(34)31-22-12-9-18(33(35)36)13-21(22)29/h3-14H,30H2,1-2H3,(H,31,34). The molecule has 3 N–H and O–H groups in total. The molecule has 0 radical (unpaired) electrons. The Labute approximate surface area is 230 Å². The van der Waals surface area contributed by atoms with Crippen LogP contribution in [-0.2, 0) is 0 Å². The van der Waals surface area contributed by atoms with Gasteiger partial charge in [-0.3, -0.25) is 14.9 Å². The van der Waals surface area contributed by atoms with E-state index >= 15 is 0 Å². The van der Waals surface area contributed by atoms with Gasteiger partial charge in [0.05, 0.1) is 29.1 Å². The predicted octanol–water partition coefficient (Wildman–Crippen LogP) is 7.45. The first kappa shape index (κ1) is 25.4. The van der Waals surface area contributed by atoms with Crippen LogP contribution in [0.25, 0.3) is 32.6 Å². The number of nitrogens with one attached hydrogen (secondary N) is 1. The van der Waals surface area contributed by atoms with E-state index in [9.17, 15) is 14.9 Å². The molecular weight excluding hydrogens is 568 g/mol. The monoisotopic (exact) mass is 588 g/mol. The molecule has 3 aromatic carbocycles. The number of anilines is 2. The maximum atomic E-state index is 13.3. The first-order chi connectivity index (χ1) is 18.2. The number of methoxy groups -OCH3 is 1. The fraction of sp³-hybridized carbons (Fsp3) is 0.0714. The molecular formula is C28H21BrN4O4S. The number of hydrogen-bond acceptors (Lipinski definition) is 7. The summed E-state index contributed by atoms with van der Waals surface area (Å²) < 4.78 is 5.67. The molecule has 10 heteroatoms. The first-order valence-electron chi connectivity index (χ1n) is 11.4. The Balaban J connectivity index is 1.62. The lowest BCUT2D eigenvalue weighted by Gasteiger charge is -2.10. The summed E-state index contributed by atoms with van der Waals surface area (Å²) in [4.78, 5) is 29.7. The molecule has 8 nitrogen and oxygen atoms in total. The average molecular weight is 589 g/mol. The lowest BCUT2D eigenvalue weighted by molar-refractivity contribution is -0.384. The van der Waals surface area contributed by atoms with E-state index in [0.29, 0.717) is 30.9 Å². The zero-order valence-corrected chi connectivity index (χ0v) is 22.7. The van der Waals surface area contributed by atoms with E-state index in [1.165, 1.54) is 29.5 Å². The number of non-ortho nitro benzene ring substituents is 1. The second-order valence-electron chi connectivity index (χ2n) is 8.55. The van der Waals surface area contributed by atoms with Gasteiger partial charge in [-0.05, 0) is 70.4 Å². The number of halogens is 1. The van der Waals surface area contributed by atoms with Crippen LogP contribution in [0, 0.1) is 17.0 Å². The smallest absolute Gasteiger partial charge is 0.270 e. The summed E-state index contributed by atoms with van der Waals surface area (Å²) in [6, 6.07) is 21.8. The molecule has 5 aromatic rings. The summed E-state index contributed by atoms with van der Waals surface area (Å²) in [6.45, 7) is 2.02. The van der Waals surface area contributed by atoms with Crippen LogP contribution in [0.1, 0.15) is 15.2 Å². The van der Waals surface area contributed by atoms with Crippen LogP contribution in [0.5, 0.6) is 5.75 Å². The summed E-state index contributed by atoms with van der Waals surface area (Å²) in [6.07, 6.45) is 0. The number of hydrogen-bond donors (Lipinski definition) is 2. The molecule has 0 saturated carbocycles. The highest BCUT2D eigenvalue weighted by atomic mass is 79.9. The number of aromatic nitrogens is 1. The van der Waals surface area contributed by atoms with Gasteiger partial charge in [-0.15, -0.1) is 11.3 Å². The molecule has 0 fully saturated rings. The molecule has 0 aliphatic rings. The van der Waals surface area contributed by atoms with Gasteiger partial charge >= 0.3 is 0 Å². The van der Waals surface area contributed by atoms with Gasteiger partial charge < -0.3 is 15.8 Å². The zero-order valence-electron chi connectivity index (χ0n) is 20.3. The zero-order chi connectivity index (χ0) is 27.0. The molecule has 0 aliphatic heterocycles. The van der Waals surface area contributed by atoms with Gasteiger partial charge in [-0.1, -0.05) is 29.8 Å². The number of nitrogens with zero attached hydrogens (tertiary/aromatic N) is 2. The van der Waals surface area contributed by atoms with E-state index in [4.69, 9.17) is 15.5 Å². The quantitative estimate of drug-likeness (QED) is 0.157. The largest absolute Gasteiger partial charge is 0.497 e. The van der Waals surface area contributed by atoms with Gasteiger partial charge in [-0.2, -0.15) is 0 Å². The van der Waals surface area contributed by atoms with E-state index in [0.717, 1.165) is 33.7 Å². The summed E-state index contributed by atoms with van der Waals surface area (Å²) in [5.74, 6) is 0.311. The number of thiophene rings is 1. The summed E-state index contributed by atoms with van der Waals surface area (Å²) >= 11 is 4.49. The van der Waals surface area contributed by atoms with Gasteiger partial charge in [0.25, 0.3) is 11.6 Å². The number of nitro groups is 1. The van der Waals surface area contributed by atoms with Crippen molar-refractivity contribution in [3.8, 4) is 28.1 Å². The van der Waals surface area contributed by atoms with E-state index in [1.807, 2.05) is 61.5 Å². The van der Waals surface area contributed by atoms with E-state index < -0.39 is 10.8 Å². The maximum Gasteiger partial charge on any atom is 0.270 e. The second-order valence-corrected chi connectivity index (χ2v) is 10.4. The van der Waals surface area contributed by atoms with Crippen LogP contribution in [0.3, 0.4) is 0 Å². The van der Waals surface area contributed by atoms with Crippen LogP contribution in [0.15, 0.2) is 77.3 Å². The molecule has 0 aliphatic carbocycles. The highest BCUT2D eigenvalue weighted by Crippen LogP contribution is 2.42. The Morgan fingerprint density at radius 1 is 1.05 bits per heavy atom. The number of amides is 1. The van der Waals surface area contributed by atoms with Crippen molar-refractivity contribution in [1.82, 2.24) is 4.98 Å². The van der Waals surface area contributed by atoms with Crippen LogP contribution >= 0.6 is 27.3 Å². The number of fused-ring (bicyclic) bond motifs is 1. The fourth-order valence-electron chi connectivity index (χ4n) is 4.06. The molecule has 0 spiro atoms. The van der Waals surface area contributed by atoms with Crippen molar-refractivity contribution in [2.24, 2.45) is 0 Å². The number of ether oxygens (including phenoxy) is 1. The van der Waals surface area contributed by atoms with Gasteiger partial charge in [0.1, 0.15) is 15.5 Å². The minimum absolute atomic E-state index is 0.0887. The lowest BCUT2D eigenvalue weighted by Crippen LogP contribution is -2.12. The van der Waals surface area contributed by atoms with E-state index in [2.05, 4.69) is 21.2 Å². The number of carbonyl (C=O) groups is 1. The van der Waals surface area contributed by atoms with Crippen LogP contribution in [0.2, 0.25) is 0 Å². The molecule has 38 heavy (non-hydrogen) atoms. The van der Waals surface area contributed by atoms with Crippen LogP contribution in [-0.4, -0.2) is 22.9 Å². The molecule has 190 valence electrons. The molecule has 2 heterocycles. The highest BCUT2D eigenvalue weighted by molar-refractivity contribution is 9.10. The topological polar surface area (TPSA) is 120 Å². The molecule has 0 bridgehead atoms. The Morgan fingerprint density at radius 2 is 1.74 bits per heavy atom. The number of aryl methyl sites for hydroxylation is 1. The Kier molecular flexibility index (Phi) is 6.83. The Morgan fingerprint density at radius 3 is 2.37 bits per heavy atom. The molecule has 2 aromatic heterocycles. The lowest BCUT2D eigenvalue weighted by atomic mass is 9.98. The fourth-order valence-corrected chi connectivity index (χ4v) is 5.54. The predicted molar refractivity (Wildman–Crippen MR) is 155 cm³/mol. The molecule has 0 unspecified atom stereocenters. The molecule has 0 saturated heterocycles. The third-order valence-electron chi connectivity index (χ3n) is 6.07. The summed E-state index contributed by atoms with van der Waals surface area (Å²) in [5, 5.41) is 14.5. The number of benzene rings is 3. The highest BCUT2D eigenvalue weighted by Gasteiger charge is 2.23.